The molecule has 26 heavy (non-hydrogen) atoms. The Hall–Kier alpha value is -2.28. The number of rotatable bonds is 6. The van der Waals surface area contributed by atoms with E-state index >= 15 is 0 Å². The number of hydrogen-bond donors (Lipinski definition) is 3. The number of carbonyl (C=O) groups is 3. The van der Waals surface area contributed by atoms with Crippen LogP contribution in [0, 0.1) is 12.8 Å². The zero-order chi connectivity index (χ0) is 18.9. The van der Waals surface area contributed by atoms with Crippen LogP contribution in [0.5, 0.6) is 5.75 Å². The molecule has 1 aromatic rings. The molecule has 1 saturated carbocycles. The number of benzene rings is 1. The monoisotopic (exact) mass is 381 g/mol. The fraction of sp³-hybridized carbons (Fsp3) is 0.500. The summed E-state index contributed by atoms with van der Waals surface area (Å²) in [4.78, 5) is 35.3. The average molecular weight is 382 g/mol. The lowest BCUT2D eigenvalue weighted by Gasteiger charge is -2.20. The fourth-order valence-electron chi connectivity index (χ4n) is 2.75. The molecule has 1 aliphatic rings. The predicted molar refractivity (Wildman–Crippen MR) is 97.6 cm³/mol. The Labute approximate surface area is 157 Å². The normalized spacial score (nSPS) is 14.4. The minimum absolute atomic E-state index is 0.0117. The van der Waals surface area contributed by atoms with Crippen LogP contribution in [0.25, 0.3) is 0 Å². The van der Waals surface area contributed by atoms with E-state index in [1.807, 2.05) is 6.92 Å². The maximum absolute atomic E-state index is 11.9. The Morgan fingerprint density at radius 2 is 1.81 bits per heavy atom. The van der Waals surface area contributed by atoms with Gasteiger partial charge in [-0.05, 0) is 43.5 Å². The third-order valence-electron chi connectivity index (χ3n) is 4.24. The summed E-state index contributed by atoms with van der Waals surface area (Å²) in [5, 5.41) is 3.21. The number of halogens is 1. The molecule has 1 aromatic carbocycles. The second kappa shape index (κ2) is 10.0. The number of aryl methyl sites for hydroxylation is 1. The lowest BCUT2D eigenvalue weighted by Crippen LogP contribution is -2.48. The fourth-order valence-corrected chi connectivity index (χ4v) is 2.87. The molecule has 0 radical (unpaired) electrons. The van der Waals surface area contributed by atoms with Crippen molar-refractivity contribution in [2.24, 2.45) is 5.92 Å². The van der Waals surface area contributed by atoms with Crippen LogP contribution in [0.4, 0.5) is 0 Å². The molecule has 7 nitrogen and oxygen atoms in total. The molecular weight excluding hydrogens is 358 g/mol. The smallest absolute Gasteiger partial charge is 0.276 e. The van der Waals surface area contributed by atoms with Crippen molar-refractivity contribution in [3.63, 3.8) is 0 Å². The van der Waals surface area contributed by atoms with E-state index in [0.717, 1.165) is 37.7 Å². The highest BCUT2D eigenvalue weighted by molar-refractivity contribution is 6.31. The van der Waals surface area contributed by atoms with Gasteiger partial charge in [0.15, 0.2) is 6.61 Å². The van der Waals surface area contributed by atoms with Crippen LogP contribution in [0.3, 0.4) is 0 Å². The SMILES string of the molecule is Cc1cc(OCC(=O)NNC(=O)CNC(=O)C2CCCCC2)ccc1Cl. The van der Waals surface area contributed by atoms with Crippen molar-refractivity contribution in [2.75, 3.05) is 13.2 Å². The molecule has 0 saturated heterocycles. The van der Waals surface area contributed by atoms with Crippen molar-refractivity contribution >= 4 is 29.3 Å². The van der Waals surface area contributed by atoms with Gasteiger partial charge in [-0.1, -0.05) is 30.9 Å². The molecule has 3 N–H and O–H groups in total. The van der Waals surface area contributed by atoms with Crippen LogP contribution in [0.1, 0.15) is 37.7 Å². The highest BCUT2D eigenvalue weighted by Crippen LogP contribution is 2.23. The van der Waals surface area contributed by atoms with Crippen molar-refractivity contribution in [1.29, 1.82) is 0 Å². The number of hydrazine groups is 1. The van der Waals surface area contributed by atoms with Crippen LogP contribution in [0.2, 0.25) is 5.02 Å². The molecule has 0 spiro atoms. The average Bonchev–Trinajstić information content (AvgIpc) is 2.66. The number of hydrogen-bond acceptors (Lipinski definition) is 4. The maximum atomic E-state index is 11.9. The van der Waals surface area contributed by atoms with E-state index < -0.39 is 11.8 Å². The van der Waals surface area contributed by atoms with Gasteiger partial charge in [-0.25, -0.2) is 0 Å². The van der Waals surface area contributed by atoms with Crippen molar-refractivity contribution in [1.82, 2.24) is 16.2 Å². The molecular formula is C18H24ClN3O4. The molecule has 1 aliphatic carbocycles. The van der Waals surface area contributed by atoms with Gasteiger partial charge < -0.3 is 10.1 Å². The Bertz CT molecular complexity index is 660. The molecule has 3 amide bonds. The second-order valence-electron chi connectivity index (χ2n) is 6.35. The Balaban J connectivity index is 1.62. The number of amides is 3. The van der Waals surface area contributed by atoms with Crippen LogP contribution in [0.15, 0.2) is 18.2 Å². The van der Waals surface area contributed by atoms with Crippen LogP contribution in [-0.4, -0.2) is 30.9 Å². The molecule has 0 unspecified atom stereocenters. The van der Waals surface area contributed by atoms with E-state index in [1.54, 1.807) is 18.2 Å². The summed E-state index contributed by atoms with van der Waals surface area (Å²) in [6.07, 6.45) is 4.99. The van der Waals surface area contributed by atoms with E-state index in [-0.39, 0.29) is 25.0 Å². The van der Waals surface area contributed by atoms with E-state index in [0.29, 0.717) is 10.8 Å². The van der Waals surface area contributed by atoms with Gasteiger partial charge in [0.2, 0.25) is 5.91 Å². The first kappa shape index (κ1) is 20.0. The molecule has 142 valence electrons. The quantitative estimate of drug-likeness (QED) is 0.655. The van der Waals surface area contributed by atoms with Crippen molar-refractivity contribution in [3.05, 3.63) is 28.8 Å². The van der Waals surface area contributed by atoms with E-state index in [2.05, 4.69) is 16.2 Å². The molecule has 0 atom stereocenters. The molecule has 0 aliphatic heterocycles. The first-order chi connectivity index (χ1) is 12.5. The lowest BCUT2D eigenvalue weighted by atomic mass is 9.89. The largest absolute Gasteiger partial charge is 0.484 e. The van der Waals surface area contributed by atoms with Gasteiger partial charge in [-0.2, -0.15) is 0 Å². The first-order valence-electron chi connectivity index (χ1n) is 8.70. The summed E-state index contributed by atoms with van der Waals surface area (Å²) in [7, 11) is 0. The Morgan fingerprint density at radius 1 is 1.12 bits per heavy atom. The number of carbonyl (C=O) groups excluding carboxylic acids is 3. The van der Waals surface area contributed by atoms with Gasteiger partial charge in [0, 0.05) is 10.9 Å². The summed E-state index contributed by atoms with van der Waals surface area (Å²) in [6, 6.07) is 5.05. The summed E-state index contributed by atoms with van der Waals surface area (Å²) >= 11 is 5.92. The molecule has 0 aromatic heterocycles. The number of nitrogens with one attached hydrogen (secondary N) is 3. The van der Waals surface area contributed by atoms with E-state index in [4.69, 9.17) is 16.3 Å². The van der Waals surface area contributed by atoms with Crippen LogP contribution >= 0.6 is 11.6 Å². The summed E-state index contributed by atoms with van der Waals surface area (Å²) in [5.41, 5.74) is 5.32. The summed E-state index contributed by atoms with van der Waals surface area (Å²) in [5.74, 6) is -0.613. The summed E-state index contributed by atoms with van der Waals surface area (Å²) in [6.45, 7) is 1.40. The third-order valence-corrected chi connectivity index (χ3v) is 4.66. The summed E-state index contributed by atoms with van der Waals surface area (Å²) < 4.78 is 5.32. The molecule has 0 bridgehead atoms. The standard InChI is InChI=1S/C18H24ClN3O4/c1-12-9-14(7-8-15(12)19)26-11-17(24)22-21-16(23)10-20-18(25)13-5-3-2-4-6-13/h7-9,13H,2-6,10-11H2,1H3,(H,20,25)(H,21,23)(H,22,24). The van der Waals surface area contributed by atoms with Crippen LogP contribution < -0.4 is 20.9 Å². The first-order valence-corrected chi connectivity index (χ1v) is 9.08. The highest BCUT2D eigenvalue weighted by atomic mass is 35.5. The van der Waals surface area contributed by atoms with Crippen molar-refractivity contribution in [2.45, 2.75) is 39.0 Å². The molecule has 8 heteroatoms. The minimum atomic E-state index is -0.510. The van der Waals surface area contributed by atoms with Gasteiger partial charge in [0.1, 0.15) is 5.75 Å². The van der Waals surface area contributed by atoms with Gasteiger partial charge >= 0.3 is 0 Å². The molecule has 1 fully saturated rings. The maximum Gasteiger partial charge on any atom is 0.276 e. The van der Waals surface area contributed by atoms with Crippen molar-refractivity contribution in [3.8, 4) is 5.75 Å². The molecule has 2 rings (SSSR count). The highest BCUT2D eigenvalue weighted by Gasteiger charge is 2.21. The zero-order valence-electron chi connectivity index (χ0n) is 14.8. The van der Waals surface area contributed by atoms with Gasteiger partial charge in [0.05, 0.1) is 6.54 Å². The Morgan fingerprint density at radius 3 is 2.50 bits per heavy atom. The zero-order valence-corrected chi connectivity index (χ0v) is 15.5. The van der Waals surface area contributed by atoms with Gasteiger partial charge in [-0.3, -0.25) is 25.2 Å². The second-order valence-corrected chi connectivity index (χ2v) is 6.76. The molecule has 0 heterocycles. The number of ether oxygens (including phenoxy) is 1. The van der Waals surface area contributed by atoms with E-state index in [9.17, 15) is 14.4 Å². The predicted octanol–water partition coefficient (Wildman–Crippen LogP) is 1.87. The topological polar surface area (TPSA) is 96.5 Å². The van der Waals surface area contributed by atoms with Crippen molar-refractivity contribution < 1.29 is 19.1 Å². The van der Waals surface area contributed by atoms with E-state index in [1.165, 1.54) is 0 Å². The third kappa shape index (κ3) is 6.55. The Kier molecular flexibility index (Phi) is 7.72. The van der Waals surface area contributed by atoms with Gasteiger partial charge in [0.25, 0.3) is 11.8 Å². The lowest BCUT2D eigenvalue weighted by molar-refractivity contribution is -0.131. The minimum Gasteiger partial charge on any atom is -0.484 e. The van der Waals surface area contributed by atoms with Crippen LogP contribution in [-0.2, 0) is 14.4 Å². The van der Waals surface area contributed by atoms with Gasteiger partial charge in [-0.15, -0.1) is 0 Å².